The van der Waals surface area contributed by atoms with Crippen LogP contribution in [-0.2, 0) is 19.2 Å². The van der Waals surface area contributed by atoms with Gasteiger partial charge in [-0.3, -0.25) is 19.2 Å². The molecule has 144 valence electrons. The van der Waals surface area contributed by atoms with Crippen LogP contribution in [0, 0.1) is 5.41 Å². The van der Waals surface area contributed by atoms with Gasteiger partial charge in [-0.25, -0.2) is 0 Å². The van der Waals surface area contributed by atoms with Crippen molar-refractivity contribution in [3.63, 3.8) is 0 Å². The molecule has 3 aliphatic rings. The summed E-state index contributed by atoms with van der Waals surface area (Å²) in [6.07, 6.45) is 5.22. The summed E-state index contributed by atoms with van der Waals surface area (Å²) in [5.41, 5.74) is -1.63. The highest BCUT2D eigenvalue weighted by molar-refractivity contribution is 8.00. The van der Waals surface area contributed by atoms with Crippen molar-refractivity contribution >= 4 is 35.5 Å². The molecule has 2 aliphatic heterocycles. The Hall–Kier alpha value is -1.77. The molecule has 3 atom stereocenters. The maximum Gasteiger partial charge on any atom is 0.321 e. The predicted octanol–water partition coefficient (Wildman–Crippen LogP) is 0.316. The van der Waals surface area contributed by atoms with Gasteiger partial charge in [0.25, 0.3) is 0 Å². The molecule has 26 heavy (non-hydrogen) atoms. The van der Waals surface area contributed by atoms with E-state index in [0.29, 0.717) is 0 Å². The van der Waals surface area contributed by atoms with Gasteiger partial charge in [0.05, 0.1) is 0 Å². The summed E-state index contributed by atoms with van der Waals surface area (Å²) in [5, 5.41) is 15.0. The van der Waals surface area contributed by atoms with E-state index in [9.17, 15) is 24.3 Å². The molecule has 1 aliphatic carbocycles. The molecule has 0 aromatic heterocycles. The molecule has 3 N–H and O–H groups in total. The molecule has 0 bridgehead atoms. The van der Waals surface area contributed by atoms with Crippen molar-refractivity contribution in [3.05, 3.63) is 0 Å². The van der Waals surface area contributed by atoms with E-state index in [2.05, 4.69) is 10.6 Å². The highest BCUT2D eigenvalue weighted by atomic mass is 32.2. The number of hydrogen-bond donors (Lipinski definition) is 3. The molecule has 3 rings (SSSR count). The van der Waals surface area contributed by atoms with Crippen LogP contribution in [0.1, 0.15) is 45.4 Å². The molecule has 8 nitrogen and oxygen atoms in total. The fourth-order valence-electron chi connectivity index (χ4n) is 3.78. The first-order chi connectivity index (χ1) is 12.4. The topological polar surface area (TPSA) is 116 Å². The zero-order valence-corrected chi connectivity index (χ0v) is 15.6. The first-order valence-electron chi connectivity index (χ1n) is 9.15. The third-order valence-electron chi connectivity index (χ3n) is 5.50. The van der Waals surface area contributed by atoms with Crippen molar-refractivity contribution in [3.8, 4) is 0 Å². The van der Waals surface area contributed by atoms with Crippen molar-refractivity contribution in [2.75, 3.05) is 12.3 Å². The van der Waals surface area contributed by atoms with Crippen LogP contribution < -0.4 is 10.6 Å². The number of β-lactam (4-membered cyclic amide) rings is 1. The second-order valence-electron chi connectivity index (χ2n) is 7.26. The molecular weight excluding hydrogens is 358 g/mol. The minimum Gasteiger partial charge on any atom is -0.480 e. The van der Waals surface area contributed by atoms with Gasteiger partial charge >= 0.3 is 5.97 Å². The summed E-state index contributed by atoms with van der Waals surface area (Å²) in [5.74, 6) is -2.15. The third kappa shape index (κ3) is 3.28. The number of amides is 3. The Morgan fingerprint density at radius 1 is 1.23 bits per heavy atom. The van der Waals surface area contributed by atoms with E-state index in [-0.39, 0.29) is 41.9 Å². The first-order valence-corrected chi connectivity index (χ1v) is 10.2. The van der Waals surface area contributed by atoms with E-state index in [4.69, 9.17) is 0 Å². The van der Waals surface area contributed by atoms with Gasteiger partial charge in [0, 0.05) is 24.8 Å². The Balaban J connectivity index is 1.68. The Kier molecular flexibility index (Phi) is 5.45. The van der Waals surface area contributed by atoms with Gasteiger partial charge in [0.15, 0.2) is 5.41 Å². The van der Waals surface area contributed by atoms with Crippen molar-refractivity contribution in [1.82, 2.24) is 15.5 Å². The maximum absolute atomic E-state index is 12.8. The number of carboxylic acid groups (broad SMARTS) is 1. The molecule has 3 amide bonds. The summed E-state index contributed by atoms with van der Waals surface area (Å²) >= 11 is 1.25. The van der Waals surface area contributed by atoms with Gasteiger partial charge in [0.1, 0.15) is 11.4 Å². The minimum absolute atomic E-state index is 0.0129. The Labute approximate surface area is 156 Å². The number of nitrogens with zero attached hydrogens (tertiary/aromatic N) is 1. The largest absolute Gasteiger partial charge is 0.480 e. The third-order valence-corrected chi connectivity index (χ3v) is 7.03. The fourth-order valence-corrected chi connectivity index (χ4v) is 5.32. The number of rotatable bonds is 5. The molecule has 0 aromatic rings. The molecule has 2 saturated heterocycles. The van der Waals surface area contributed by atoms with Crippen LogP contribution in [0.15, 0.2) is 0 Å². The molecule has 2 heterocycles. The lowest BCUT2D eigenvalue weighted by molar-refractivity contribution is -0.163. The normalized spacial score (nSPS) is 31.6. The minimum atomic E-state index is -1.63. The van der Waals surface area contributed by atoms with Gasteiger partial charge in [-0.2, -0.15) is 0 Å². The lowest BCUT2D eigenvalue weighted by atomic mass is 9.85. The van der Waals surface area contributed by atoms with E-state index in [0.717, 1.165) is 32.1 Å². The van der Waals surface area contributed by atoms with Gasteiger partial charge in [0.2, 0.25) is 17.7 Å². The van der Waals surface area contributed by atoms with Crippen LogP contribution >= 0.6 is 11.8 Å². The number of nitrogens with one attached hydrogen (secondary N) is 2. The van der Waals surface area contributed by atoms with Crippen LogP contribution in [0.3, 0.4) is 0 Å². The van der Waals surface area contributed by atoms with Crippen LogP contribution in [0.4, 0.5) is 0 Å². The monoisotopic (exact) mass is 383 g/mol. The first kappa shape index (κ1) is 19.0. The fraction of sp³-hybridized carbons (Fsp3) is 0.765. The van der Waals surface area contributed by atoms with Crippen molar-refractivity contribution in [2.24, 2.45) is 5.41 Å². The van der Waals surface area contributed by atoms with Gasteiger partial charge < -0.3 is 20.6 Å². The summed E-state index contributed by atoms with van der Waals surface area (Å²) in [6, 6.07) is -0.612. The quantitative estimate of drug-likeness (QED) is 0.465. The zero-order chi connectivity index (χ0) is 18.9. The van der Waals surface area contributed by atoms with Gasteiger partial charge in [-0.05, 0) is 12.8 Å². The van der Waals surface area contributed by atoms with E-state index in [1.807, 2.05) is 0 Å². The van der Waals surface area contributed by atoms with Crippen LogP contribution in [0.5, 0.6) is 0 Å². The Morgan fingerprint density at radius 2 is 1.92 bits per heavy atom. The Bertz CT molecular complexity index is 622. The lowest BCUT2D eigenvalue weighted by Crippen LogP contribution is -2.75. The molecule has 0 radical (unpaired) electrons. The number of thioether (sulfide) groups is 1. The number of fused-ring (bicyclic) bond motifs is 1. The predicted molar refractivity (Wildman–Crippen MR) is 95.3 cm³/mol. The summed E-state index contributed by atoms with van der Waals surface area (Å²) in [6.45, 7) is 1.56. The standard InChI is InChI=1S/C17H25N3O5S/c1-2-11(21)19-12-13(22)20-8-17(16(24)25,9-26-14(12)20)15(23)18-10-6-4-3-5-7-10/h10,12,14H,2-9H2,1H3,(H,18,23)(H,19,21)(H,24,25)/t12?,14-,17?/m1/s1. The molecule has 2 unspecified atom stereocenters. The molecular formula is C17H25N3O5S. The zero-order valence-electron chi connectivity index (χ0n) is 14.8. The average Bonchev–Trinajstić information content (AvgIpc) is 2.65. The highest BCUT2D eigenvalue weighted by Crippen LogP contribution is 2.42. The average molecular weight is 383 g/mol. The molecule has 0 spiro atoms. The van der Waals surface area contributed by atoms with Crippen LogP contribution in [0.2, 0.25) is 0 Å². The molecule has 0 aromatic carbocycles. The second kappa shape index (κ2) is 7.46. The summed E-state index contributed by atoms with van der Waals surface area (Å²) in [7, 11) is 0. The number of carboxylic acids is 1. The van der Waals surface area contributed by atoms with Gasteiger partial charge in [-0.15, -0.1) is 11.8 Å². The SMILES string of the molecule is CCC(=O)NC1C(=O)N2CC(C(=O)O)(C(=O)NC3CCCCC3)CS[C@H]12. The summed E-state index contributed by atoms with van der Waals surface area (Å²) < 4.78 is 0. The van der Waals surface area contributed by atoms with Crippen molar-refractivity contribution in [1.29, 1.82) is 0 Å². The molecule has 1 saturated carbocycles. The molecule has 9 heteroatoms. The maximum atomic E-state index is 12.8. The number of carbonyl (C=O) groups is 4. The van der Waals surface area contributed by atoms with E-state index >= 15 is 0 Å². The van der Waals surface area contributed by atoms with Crippen LogP contribution in [-0.4, -0.2) is 63.5 Å². The number of carbonyl (C=O) groups excluding carboxylic acids is 3. The number of aliphatic carboxylic acids is 1. The smallest absolute Gasteiger partial charge is 0.321 e. The second-order valence-corrected chi connectivity index (χ2v) is 8.37. The van der Waals surface area contributed by atoms with Crippen molar-refractivity contribution in [2.45, 2.75) is 62.9 Å². The lowest BCUT2D eigenvalue weighted by Gasteiger charge is -2.53. The molecule has 3 fully saturated rings. The highest BCUT2D eigenvalue weighted by Gasteiger charge is 2.60. The number of hydrogen-bond acceptors (Lipinski definition) is 5. The van der Waals surface area contributed by atoms with Crippen LogP contribution in [0.25, 0.3) is 0 Å². The van der Waals surface area contributed by atoms with Crippen molar-refractivity contribution < 1.29 is 24.3 Å². The van der Waals surface area contributed by atoms with E-state index in [1.54, 1.807) is 6.92 Å². The van der Waals surface area contributed by atoms with E-state index < -0.39 is 23.3 Å². The van der Waals surface area contributed by atoms with Gasteiger partial charge in [-0.1, -0.05) is 26.2 Å². The summed E-state index contributed by atoms with van der Waals surface area (Å²) in [4.78, 5) is 50.1. The van der Waals surface area contributed by atoms with E-state index in [1.165, 1.54) is 16.7 Å². The Morgan fingerprint density at radius 3 is 2.54 bits per heavy atom.